The maximum Gasteiger partial charge on any atom is 0.140 e. The second-order valence-corrected chi connectivity index (χ2v) is 7.48. The summed E-state index contributed by atoms with van der Waals surface area (Å²) in [5.74, 6) is 3.17. The van der Waals surface area contributed by atoms with E-state index in [0.29, 0.717) is 5.92 Å². The Labute approximate surface area is 115 Å². The van der Waals surface area contributed by atoms with Crippen LogP contribution >= 0.6 is 11.8 Å². The Balaban J connectivity index is 2.89. The second-order valence-electron chi connectivity index (χ2n) is 5.68. The maximum absolute atomic E-state index is 4.65. The summed E-state index contributed by atoms with van der Waals surface area (Å²) >= 11 is 1.88. The molecule has 0 saturated carbocycles. The molecule has 1 aromatic rings. The summed E-state index contributed by atoms with van der Waals surface area (Å²) in [5, 5.41) is 3.28. The van der Waals surface area contributed by atoms with E-state index >= 15 is 0 Å². The Kier molecular flexibility index (Phi) is 5.45. The van der Waals surface area contributed by atoms with Crippen LogP contribution in [0, 0.1) is 0 Å². The number of aromatic nitrogens is 2. The van der Waals surface area contributed by atoms with E-state index in [9.17, 15) is 0 Å². The van der Waals surface area contributed by atoms with Crippen molar-refractivity contribution in [3.63, 3.8) is 0 Å². The molecule has 0 spiro atoms. The van der Waals surface area contributed by atoms with Gasteiger partial charge in [-0.15, -0.1) is 11.8 Å². The first-order chi connectivity index (χ1) is 8.31. The molecule has 0 amide bonds. The molecule has 0 aliphatic rings. The van der Waals surface area contributed by atoms with E-state index in [4.69, 9.17) is 0 Å². The molecule has 0 aromatic carbocycles. The zero-order chi connectivity index (χ0) is 13.8. The zero-order valence-electron chi connectivity index (χ0n) is 12.4. The molecule has 0 saturated heterocycles. The molecule has 1 heterocycles. The number of nitrogens with one attached hydrogen (secondary N) is 1. The van der Waals surface area contributed by atoms with Gasteiger partial charge in [0, 0.05) is 23.1 Å². The predicted octanol–water partition coefficient (Wildman–Crippen LogP) is 4.06. The predicted molar refractivity (Wildman–Crippen MR) is 81.3 cm³/mol. The van der Waals surface area contributed by atoms with E-state index in [2.05, 4.69) is 62.9 Å². The van der Waals surface area contributed by atoms with Crippen molar-refractivity contribution >= 4 is 17.6 Å². The van der Waals surface area contributed by atoms with Gasteiger partial charge in [-0.3, -0.25) is 0 Å². The minimum atomic E-state index is 0.246. The monoisotopic (exact) mass is 267 g/mol. The average Bonchev–Trinajstić information content (AvgIpc) is 2.25. The van der Waals surface area contributed by atoms with Crippen LogP contribution in [0.2, 0.25) is 0 Å². The van der Waals surface area contributed by atoms with E-state index in [1.807, 2.05) is 11.8 Å². The Bertz CT molecular complexity index is 383. The Morgan fingerprint density at radius 3 is 2.44 bits per heavy atom. The van der Waals surface area contributed by atoms with Crippen molar-refractivity contribution < 1.29 is 0 Å². The van der Waals surface area contributed by atoms with Gasteiger partial charge in [0.25, 0.3) is 0 Å². The Morgan fingerprint density at radius 2 is 1.94 bits per heavy atom. The van der Waals surface area contributed by atoms with Crippen LogP contribution in [0.15, 0.2) is 6.07 Å². The maximum atomic E-state index is 4.65. The number of rotatable bonds is 5. The third kappa shape index (κ3) is 5.25. The Hall–Kier alpha value is -0.770. The highest BCUT2D eigenvalue weighted by Crippen LogP contribution is 2.27. The van der Waals surface area contributed by atoms with E-state index in [0.717, 1.165) is 29.6 Å². The lowest BCUT2D eigenvalue weighted by atomic mass is 10.1. The van der Waals surface area contributed by atoms with Crippen LogP contribution in [0.4, 0.5) is 5.82 Å². The van der Waals surface area contributed by atoms with Crippen LogP contribution in [0.3, 0.4) is 0 Å². The molecule has 0 aliphatic carbocycles. The van der Waals surface area contributed by atoms with Crippen molar-refractivity contribution in [3.8, 4) is 0 Å². The first-order valence-corrected chi connectivity index (χ1v) is 7.56. The molecule has 0 aliphatic heterocycles. The van der Waals surface area contributed by atoms with Gasteiger partial charge < -0.3 is 5.32 Å². The van der Waals surface area contributed by atoms with Gasteiger partial charge in [-0.05, 0) is 12.8 Å². The van der Waals surface area contributed by atoms with Crippen molar-refractivity contribution in [2.75, 3.05) is 11.9 Å². The van der Waals surface area contributed by atoms with E-state index in [1.54, 1.807) is 0 Å². The molecule has 1 N–H and O–H groups in total. The summed E-state index contributed by atoms with van der Waals surface area (Å²) in [7, 11) is 0. The molecule has 3 nitrogen and oxygen atoms in total. The van der Waals surface area contributed by atoms with Crippen LogP contribution in [0.5, 0.6) is 0 Å². The molecule has 102 valence electrons. The molecule has 1 aromatic heterocycles. The third-order valence-corrected chi connectivity index (χ3v) is 3.64. The average molecular weight is 267 g/mol. The van der Waals surface area contributed by atoms with Crippen molar-refractivity contribution in [1.82, 2.24) is 9.97 Å². The van der Waals surface area contributed by atoms with Crippen molar-refractivity contribution in [3.05, 3.63) is 17.6 Å². The third-order valence-electron chi connectivity index (χ3n) is 2.38. The number of nitrogens with zero attached hydrogens (tertiary/aromatic N) is 2. The number of thioether (sulfide) groups is 1. The van der Waals surface area contributed by atoms with Gasteiger partial charge in [-0.25, -0.2) is 9.97 Å². The minimum absolute atomic E-state index is 0.246. The fourth-order valence-corrected chi connectivity index (χ4v) is 2.12. The van der Waals surface area contributed by atoms with Crippen LogP contribution in [-0.2, 0) is 5.75 Å². The molecular formula is C14H25N3S. The van der Waals surface area contributed by atoms with Gasteiger partial charge in [-0.1, -0.05) is 34.6 Å². The molecule has 0 fully saturated rings. The molecule has 0 bridgehead atoms. The summed E-state index contributed by atoms with van der Waals surface area (Å²) in [4.78, 5) is 9.21. The van der Waals surface area contributed by atoms with Gasteiger partial charge in [0.2, 0.25) is 0 Å². The topological polar surface area (TPSA) is 37.8 Å². The largest absolute Gasteiger partial charge is 0.370 e. The van der Waals surface area contributed by atoms with E-state index < -0.39 is 0 Å². The molecule has 0 radical (unpaired) electrons. The highest BCUT2D eigenvalue weighted by molar-refractivity contribution is 7.99. The highest BCUT2D eigenvalue weighted by Gasteiger charge is 2.13. The van der Waals surface area contributed by atoms with E-state index in [-0.39, 0.29) is 4.75 Å². The van der Waals surface area contributed by atoms with E-state index in [1.165, 1.54) is 0 Å². The molecule has 0 unspecified atom stereocenters. The van der Waals surface area contributed by atoms with Crippen molar-refractivity contribution in [2.24, 2.45) is 0 Å². The standard InChI is InChI=1S/C14H25N3S/c1-7-15-12-8-11(10(2)3)16-13(17-12)9-18-14(4,5)6/h8,10H,7,9H2,1-6H3,(H,15,16,17). The van der Waals surface area contributed by atoms with Crippen LogP contribution in [-0.4, -0.2) is 21.3 Å². The first kappa shape index (κ1) is 15.3. The number of hydrogen-bond donors (Lipinski definition) is 1. The smallest absolute Gasteiger partial charge is 0.140 e. The lowest BCUT2D eigenvalue weighted by molar-refractivity contribution is 0.787. The van der Waals surface area contributed by atoms with Gasteiger partial charge in [0.1, 0.15) is 11.6 Å². The number of hydrogen-bond acceptors (Lipinski definition) is 4. The quantitative estimate of drug-likeness (QED) is 0.873. The lowest BCUT2D eigenvalue weighted by Gasteiger charge is -2.17. The van der Waals surface area contributed by atoms with Crippen molar-refractivity contribution in [2.45, 2.75) is 58.0 Å². The Morgan fingerprint density at radius 1 is 1.28 bits per heavy atom. The fraction of sp³-hybridized carbons (Fsp3) is 0.714. The SMILES string of the molecule is CCNc1cc(C(C)C)nc(CSC(C)(C)C)n1. The van der Waals surface area contributed by atoms with Crippen LogP contribution < -0.4 is 5.32 Å². The summed E-state index contributed by atoms with van der Waals surface area (Å²) in [6.07, 6.45) is 0. The molecule has 4 heteroatoms. The fourth-order valence-electron chi connectivity index (χ4n) is 1.43. The van der Waals surface area contributed by atoms with Gasteiger partial charge in [0.15, 0.2) is 0 Å². The molecular weight excluding hydrogens is 242 g/mol. The molecule has 1 rings (SSSR count). The molecule has 0 atom stereocenters. The summed E-state index contributed by atoms with van der Waals surface area (Å²) in [5.41, 5.74) is 1.12. The summed E-state index contributed by atoms with van der Waals surface area (Å²) in [6.45, 7) is 14.0. The minimum Gasteiger partial charge on any atom is -0.370 e. The normalized spacial score (nSPS) is 11.9. The van der Waals surface area contributed by atoms with Crippen LogP contribution in [0.1, 0.15) is 59.0 Å². The van der Waals surface area contributed by atoms with Gasteiger partial charge in [-0.2, -0.15) is 0 Å². The zero-order valence-corrected chi connectivity index (χ0v) is 13.2. The van der Waals surface area contributed by atoms with Crippen LogP contribution in [0.25, 0.3) is 0 Å². The summed E-state index contributed by atoms with van der Waals surface area (Å²) < 4.78 is 0.246. The summed E-state index contributed by atoms with van der Waals surface area (Å²) in [6, 6.07) is 2.05. The molecule has 18 heavy (non-hydrogen) atoms. The second kappa shape index (κ2) is 6.41. The highest BCUT2D eigenvalue weighted by atomic mass is 32.2. The lowest BCUT2D eigenvalue weighted by Crippen LogP contribution is -2.11. The first-order valence-electron chi connectivity index (χ1n) is 6.57. The van der Waals surface area contributed by atoms with Gasteiger partial charge >= 0.3 is 0 Å². The number of anilines is 1. The van der Waals surface area contributed by atoms with Crippen molar-refractivity contribution in [1.29, 1.82) is 0 Å². The van der Waals surface area contributed by atoms with Gasteiger partial charge in [0.05, 0.1) is 5.75 Å².